The maximum atomic E-state index is 4.05. The molecule has 2 aliphatic carbocycles. The number of nitrogens with zero attached hydrogens (tertiary/aromatic N) is 3. The van der Waals surface area contributed by atoms with Crippen LogP contribution in [0.15, 0.2) is 6.20 Å². The van der Waals surface area contributed by atoms with Crippen molar-refractivity contribution in [2.24, 2.45) is 24.8 Å². The minimum atomic E-state index is 0.456. The van der Waals surface area contributed by atoms with Crippen LogP contribution >= 0.6 is 0 Å². The van der Waals surface area contributed by atoms with Crippen molar-refractivity contribution in [3.63, 3.8) is 0 Å². The summed E-state index contributed by atoms with van der Waals surface area (Å²) in [5, 5.41) is 11.7. The molecule has 4 heteroatoms. The smallest absolute Gasteiger partial charge is 0.0756 e. The molecule has 3 atom stereocenters. The SMILES string of the molecule is CCNC(c1cnnn1C)C1CC2CC2C1. The number of aryl methyl sites for hydroxylation is 1. The highest BCUT2D eigenvalue weighted by Gasteiger charge is 2.48. The zero-order valence-corrected chi connectivity index (χ0v) is 10.1. The van der Waals surface area contributed by atoms with Gasteiger partial charge in [0, 0.05) is 7.05 Å². The molecule has 0 aliphatic heterocycles. The van der Waals surface area contributed by atoms with Gasteiger partial charge in [-0.1, -0.05) is 12.1 Å². The molecule has 0 bridgehead atoms. The van der Waals surface area contributed by atoms with Crippen LogP contribution in [0.5, 0.6) is 0 Å². The van der Waals surface area contributed by atoms with Crippen molar-refractivity contribution < 1.29 is 0 Å². The molecule has 0 saturated heterocycles. The largest absolute Gasteiger partial charge is 0.309 e. The van der Waals surface area contributed by atoms with E-state index in [1.165, 1.54) is 25.0 Å². The molecule has 1 aromatic rings. The fraction of sp³-hybridized carbons (Fsp3) is 0.833. The van der Waals surface area contributed by atoms with E-state index in [4.69, 9.17) is 0 Å². The maximum Gasteiger partial charge on any atom is 0.0756 e. The molecule has 0 amide bonds. The van der Waals surface area contributed by atoms with Gasteiger partial charge in [0.25, 0.3) is 0 Å². The lowest BCUT2D eigenvalue weighted by molar-refractivity contribution is 0.332. The lowest BCUT2D eigenvalue weighted by Gasteiger charge is -2.25. The van der Waals surface area contributed by atoms with E-state index in [0.29, 0.717) is 6.04 Å². The molecule has 2 fully saturated rings. The highest BCUT2D eigenvalue weighted by atomic mass is 15.4. The van der Waals surface area contributed by atoms with Gasteiger partial charge < -0.3 is 5.32 Å². The quantitative estimate of drug-likeness (QED) is 0.836. The normalized spacial score (nSPS) is 33.8. The van der Waals surface area contributed by atoms with Crippen molar-refractivity contribution in [3.8, 4) is 0 Å². The van der Waals surface area contributed by atoms with Crippen LogP contribution in [0.25, 0.3) is 0 Å². The van der Waals surface area contributed by atoms with Gasteiger partial charge in [0.1, 0.15) is 0 Å². The number of fused-ring (bicyclic) bond motifs is 1. The average molecular weight is 220 g/mol. The van der Waals surface area contributed by atoms with Crippen molar-refractivity contribution in [3.05, 3.63) is 11.9 Å². The van der Waals surface area contributed by atoms with E-state index in [1.54, 1.807) is 0 Å². The fourth-order valence-electron chi connectivity index (χ4n) is 3.35. The zero-order chi connectivity index (χ0) is 11.1. The van der Waals surface area contributed by atoms with Gasteiger partial charge in [0.15, 0.2) is 0 Å². The second kappa shape index (κ2) is 3.84. The van der Waals surface area contributed by atoms with Gasteiger partial charge in [-0.2, -0.15) is 0 Å². The Morgan fingerprint density at radius 3 is 2.75 bits per heavy atom. The van der Waals surface area contributed by atoms with E-state index in [0.717, 1.165) is 24.3 Å². The summed E-state index contributed by atoms with van der Waals surface area (Å²) in [6.07, 6.45) is 6.19. The Labute approximate surface area is 96.4 Å². The monoisotopic (exact) mass is 220 g/mol. The highest BCUT2D eigenvalue weighted by molar-refractivity contribution is 5.09. The number of rotatable bonds is 4. The van der Waals surface area contributed by atoms with Crippen LogP contribution in [-0.4, -0.2) is 21.5 Å². The van der Waals surface area contributed by atoms with Gasteiger partial charge in [-0.25, -0.2) is 0 Å². The van der Waals surface area contributed by atoms with E-state index in [9.17, 15) is 0 Å². The minimum absolute atomic E-state index is 0.456. The van der Waals surface area contributed by atoms with Crippen LogP contribution in [0.2, 0.25) is 0 Å². The first-order valence-corrected chi connectivity index (χ1v) is 6.37. The summed E-state index contributed by atoms with van der Waals surface area (Å²) in [6.45, 7) is 3.19. The summed E-state index contributed by atoms with van der Waals surface area (Å²) in [7, 11) is 1.99. The number of hydrogen-bond acceptors (Lipinski definition) is 3. The van der Waals surface area contributed by atoms with Crippen LogP contribution in [0.3, 0.4) is 0 Å². The van der Waals surface area contributed by atoms with E-state index in [2.05, 4.69) is 22.6 Å². The lowest BCUT2D eigenvalue weighted by atomic mass is 9.92. The van der Waals surface area contributed by atoms with Crippen LogP contribution < -0.4 is 5.32 Å². The minimum Gasteiger partial charge on any atom is -0.309 e. The molecule has 4 nitrogen and oxygen atoms in total. The Bertz CT molecular complexity index is 363. The maximum absolute atomic E-state index is 4.05. The Morgan fingerprint density at radius 1 is 1.44 bits per heavy atom. The highest BCUT2D eigenvalue weighted by Crippen LogP contribution is 2.56. The number of nitrogens with one attached hydrogen (secondary N) is 1. The third kappa shape index (κ3) is 1.65. The molecular formula is C12H20N4. The van der Waals surface area contributed by atoms with E-state index in [1.807, 2.05) is 17.9 Å². The lowest BCUT2D eigenvalue weighted by Crippen LogP contribution is -2.29. The molecule has 0 radical (unpaired) electrons. The first-order chi connectivity index (χ1) is 7.79. The predicted octanol–water partition coefficient (Wildman–Crippen LogP) is 1.51. The first kappa shape index (κ1) is 10.3. The standard InChI is InChI=1S/C12H20N4/c1-3-13-12(11-7-14-15-16(11)2)10-5-8-4-9(8)6-10/h7-10,12-13H,3-6H2,1-2H3. The zero-order valence-electron chi connectivity index (χ0n) is 10.1. The molecule has 1 N–H and O–H groups in total. The van der Waals surface area contributed by atoms with Crippen molar-refractivity contribution in [1.29, 1.82) is 0 Å². The van der Waals surface area contributed by atoms with Crippen LogP contribution in [0.1, 0.15) is 37.9 Å². The molecule has 1 aromatic heterocycles. The second-order valence-electron chi connectivity index (χ2n) is 5.31. The van der Waals surface area contributed by atoms with E-state index >= 15 is 0 Å². The first-order valence-electron chi connectivity index (χ1n) is 6.37. The van der Waals surface area contributed by atoms with Crippen molar-refractivity contribution in [2.45, 2.75) is 32.2 Å². The van der Waals surface area contributed by atoms with Crippen molar-refractivity contribution >= 4 is 0 Å². The average Bonchev–Trinajstić information content (AvgIpc) is 2.71. The van der Waals surface area contributed by atoms with Crippen LogP contribution in [0, 0.1) is 17.8 Å². The molecule has 3 rings (SSSR count). The molecule has 0 aromatic carbocycles. The van der Waals surface area contributed by atoms with Gasteiger partial charge in [-0.05, 0) is 43.6 Å². The Kier molecular flexibility index (Phi) is 2.46. The summed E-state index contributed by atoms with van der Waals surface area (Å²) in [6, 6.07) is 0.456. The molecule has 2 saturated carbocycles. The van der Waals surface area contributed by atoms with Gasteiger partial charge in [-0.3, -0.25) is 4.68 Å². The molecule has 3 unspecified atom stereocenters. The Hall–Kier alpha value is -0.900. The molecule has 0 spiro atoms. The van der Waals surface area contributed by atoms with E-state index in [-0.39, 0.29) is 0 Å². The van der Waals surface area contributed by atoms with Gasteiger partial charge >= 0.3 is 0 Å². The summed E-state index contributed by atoms with van der Waals surface area (Å²) in [5.41, 5.74) is 1.24. The fourth-order valence-corrected chi connectivity index (χ4v) is 3.35. The van der Waals surface area contributed by atoms with Gasteiger partial charge in [0.05, 0.1) is 17.9 Å². The summed E-state index contributed by atoms with van der Waals surface area (Å²) < 4.78 is 1.91. The van der Waals surface area contributed by atoms with Crippen LogP contribution in [-0.2, 0) is 7.05 Å². The number of hydrogen-bond donors (Lipinski definition) is 1. The number of aromatic nitrogens is 3. The molecule has 16 heavy (non-hydrogen) atoms. The third-order valence-corrected chi connectivity index (χ3v) is 4.24. The molecule has 1 heterocycles. The topological polar surface area (TPSA) is 42.7 Å². The molecular weight excluding hydrogens is 200 g/mol. The van der Waals surface area contributed by atoms with E-state index < -0.39 is 0 Å². The predicted molar refractivity (Wildman–Crippen MR) is 61.7 cm³/mol. The third-order valence-electron chi connectivity index (χ3n) is 4.24. The van der Waals surface area contributed by atoms with Crippen LogP contribution in [0.4, 0.5) is 0 Å². The van der Waals surface area contributed by atoms with Crippen molar-refractivity contribution in [2.75, 3.05) is 6.54 Å². The molecule has 2 aliphatic rings. The Morgan fingerprint density at radius 2 is 2.19 bits per heavy atom. The summed E-state index contributed by atoms with van der Waals surface area (Å²) in [4.78, 5) is 0. The summed E-state index contributed by atoms with van der Waals surface area (Å²) >= 11 is 0. The van der Waals surface area contributed by atoms with Gasteiger partial charge in [0.2, 0.25) is 0 Å². The molecule has 88 valence electrons. The Balaban J connectivity index is 1.78. The van der Waals surface area contributed by atoms with Gasteiger partial charge in [-0.15, -0.1) is 5.10 Å². The second-order valence-corrected chi connectivity index (χ2v) is 5.31. The van der Waals surface area contributed by atoms with Crippen molar-refractivity contribution in [1.82, 2.24) is 20.3 Å². The summed E-state index contributed by atoms with van der Waals surface area (Å²) in [5.74, 6) is 2.86.